The van der Waals surface area contributed by atoms with Crippen LogP contribution in [-0.4, -0.2) is 29.7 Å². The van der Waals surface area contributed by atoms with Gasteiger partial charge in [0.1, 0.15) is 0 Å². The van der Waals surface area contributed by atoms with Crippen LogP contribution in [0.3, 0.4) is 0 Å². The minimum absolute atomic E-state index is 0.0391. The standard InChI is InChI=1S/C12H19N3O2/c1-8-9(4-5-12(13)6-7-12)10(16-2)15-11(14-8)17-3/h4-7,13H2,1-3H3. The Bertz CT molecular complexity index is 416. The van der Waals surface area contributed by atoms with Crippen LogP contribution in [0.25, 0.3) is 0 Å². The van der Waals surface area contributed by atoms with Crippen molar-refractivity contribution in [1.82, 2.24) is 9.97 Å². The molecule has 0 amide bonds. The third kappa shape index (κ3) is 2.66. The van der Waals surface area contributed by atoms with Gasteiger partial charge in [0.15, 0.2) is 0 Å². The van der Waals surface area contributed by atoms with Crippen LogP contribution in [0.4, 0.5) is 0 Å². The quantitative estimate of drug-likeness (QED) is 0.834. The van der Waals surface area contributed by atoms with Gasteiger partial charge in [0, 0.05) is 11.1 Å². The van der Waals surface area contributed by atoms with Gasteiger partial charge in [-0.25, -0.2) is 4.98 Å². The lowest BCUT2D eigenvalue weighted by atomic mass is 10.0. The molecule has 0 spiro atoms. The van der Waals surface area contributed by atoms with E-state index in [0.29, 0.717) is 11.9 Å². The van der Waals surface area contributed by atoms with Gasteiger partial charge in [0.05, 0.1) is 19.9 Å². The van der Waals surface area contributed by atoms with E-state index in [0.717, 1.165) is 36.9 Å². The van der Waals surface area contributed by atoms with Gasteiger partial charge in [-0.05, 0) is 32.6 Å². The molecule has 1 aliphatic rings. The van der Waals surface area contributed by atoms with Gasteiger partial charge in [-0.2, -0.15) is 4.98 Å². The fourth-order valence-electron chi connectivity index (χ4n) is 1.88. The van der Waals surface area contributed by atoms with Crippen LogP contribution in [0.2, 0.25) is 0 Å². The lowest BCUT2D eigenvalue weighted by Gasteiger charge is -2.13. The predicted molar refractivity (Wildman–Crippen MR) is 64.3 cm³/mol. The predicted octanol–water partition coefficient (Wildman–Crippen LogP) is 1.23. The molecule has 0 bridgehead atoms. The van der Waals surface area contributed by atoms with Gasteiger partial charge in [-0.15, -0.1) is 0 Å². The monoisotopic (exact) mass is 237 g/mol. The number of ether oxygens (including phenoxy) is 2. The molecule has 94 valence electrons. The molecule has 5 heteroatoms. The van der Waals surface area contributed by atoms with Crippen LogP contribution in [0.5, 0.6) is 11.9 Å². The second-order valence-electron chi connectivity index (χ2n) is 4.65. The smallest absolute Gasteiger partial charge is 0.319 e. The first-order chi connectivity index (χ1) is 8.08. The Morgan fingerprint density at radius 1 is 1.24 bits per heavy atom. The summed E-state index contributed by atoms with van der Waals surface area (Å²) in [5.74, 6) is 0.596. The van der Waals surface area contributed by atoms with Crippen LogP contribution >= 0.6 is 0 Å². The average Bonchev–Trinajstić information content (AvgIpc) is 3.05. The number of rotatable bonds is 5. The highest BCUT2D eigenvalue weighted by Crippen LogP contribution is 2.37. The molecule has 1 aromatic rings. The number of aromatic nitrogens is 2. The van der Waals surface area contributed by atoms with Crippen LogP contribution in [0, 0.1) is 6.92 Å². The molecule has 0 radical (unpaired) electrons. The fourth-order valence-corrected chi connectivity index (χ4v) is 1.88. The average molecular weight is 237 g/mol. The van der Waals surface area contributed by atoms with Crippen molar-refractivity contribution in [3.05, 3.63) is 11.3 Å². The van der Waals surface area contributed by atoms with E-state index in [1.807, 2.05) is 6.92 Å². The molecule has 0 atom stereocenters. The highest BCUT2D eigenvalue weighted by molar-refractivity contribution is 5.32. The zero-order valence-electron chi connectivity index (χ0n) is 10.6. The molecule has 0 unspecified atom stereocenters. The van der Waals surface area contributed by atoms with Gasteiger partial charge in [-0.1, -0.05) is 0 Å². The molecular weight excluding hydrogens is 218 g/mol. The van der Waals surface area contributed by atoms with Crippen LogP contribution < -0.4 is 15.2 Å². The van der Waals surface area contributed by atoms with Crippen molar-refractivity contribution in [3.8, 4) is 11.9 Å². The first-order valence-electron chi connectivity index (χ1n) is 5.82. The van der Waals surface area contributed by atoms with Gasteiger partial charge in [0.25, 0.3) is 0 Å². The van der Waals surface area contributed by atoms with E-state index >= 15 is 0 Å². The molecule has 0 saturated heterocycles. The zero-order valence-corrected chi connectivity index (χ0v) is 10.6. The summed E-state index contributed by atoms with van der Waals surface area (Å²) in [6.07, 6.45) is 4.05. The zero-order chi connectivity index (χ0) is 12.5. The van der Waals surface area contributed by atoms with Gasteiger partial charge in [0.2, 0.25) is 5.88 Å². The first kappa shape index (κ1) is 12.1. The minimum atomic E-state index is 0.0391. The first-order valence-corrected chi connectivity index (χ1v) is 5.82. The van der Waals surface area contributed by atoms with Crippen molar-refractivity contribution in [2.75, 3.05) is 14.2 Å². The molecule has 17 heavy (non-hydrogen) atoms. The maximum atomic E-state index is 6.09. The lowest BCUT2D eigenvalue weighted by molar-refractivity contribution is 0.346. The molecule has 2 rings (SSSR count). The van der Waals surface area contributed by atoms with Gasteiger partial charge >= 0.3 is 6.01 Å². The Morgan fingerprint density at radius 3 is 2.47 bits per heavy atom. The molecular formula is C12H19N3O2. The van der Waals surface area contributed by atoms with Crippen molar-refractivity contribution in [1.29, 1.82) is 0 Å². The molecule has 0 aliphatic heterocycles. The number of nitrogens with two attached hydrogens (primary N) is 1. The Balaban J connectivity index is 2.18. The van der Waals surface area contributed by atoms with Crippen molar-refractivity contribution in [2.45, 2.75) is 38.1 Å². The van der Waals surface area contributed by atoms with Crippen molar-refractivity contribution in [2.24, 2.45) is 5.73 Å². The van der Waals surface area contributed by atoms with Crippen LogP contribution in [0.15, 0.2) is 0 Å². The summed E-state index contributed by atoms with van der Waals surface area (Å²) in [6, 6.07) is 0.344. The summed E-state index contributed by atoms with van der Waals surface area (Å²) in [4.78, 5) is 8.46. The topological polar surface area (TPSA) is 70.3 Å². The lowest BCUT2D eigenvalue weighted by Crippen LogP contribution is -2.22. The summed E-state index contributed by atoms with van der Waals surface area (Å²) < 4.78 is 10.3. The summed E-state index contributed by atoms with van der Waals surface area (Å²) in [6.45, 7) is 1.94. The summed E-state index contributed by atoms with van der Waals surface area (Å²) in [7, 11) is 3.16. The second kappa shape index (κ2) is 4.49. The van der Waals surface area contributed by atoms with E-state index in [9.17, 15) is 0 Å². The highest BCUT2D eigenvalue weighted by atomic mass is 16.5. The van der Waals surface area contributed by atoms with Crippen molar-refractivity contribution < 1.29 is 9.47 Å². The summed E-state index contributed by atoms with van der Waals surface area (Å²) in [5, 5.41) is 0. The second-order valence-corrected chi connectivity index (χ2v) is 4.65. The van der Waals surface area contributed by atoms with E-state index in [2.05, 4.69) is 9.97 Å². The minimum Gasteiger partial charge on any atom is -0.481 e. The number of hydrogen-bond donors (Lipinski definition) is 1. The SMILES string of the molecule is COc1nc(C)c(CCC2(N)CC2)c(OC)n1. The van der Waals surface area contributed by atoms with E-state index in [1.54, 1.807) is 14.2 Å². The van der Waals surface area contributed by atoms with E-state index in [4.69, 9.17) is 15.2 Å². The Labute approximate surface area is 101 Å². The van der Waals surface area contributed by atoms with E-state index in [1.165, 1.54) is 0 Å². The highest BCUT2D eigenvalue weighted by Gasteiger charge is 2.37. The van der Waals surface area contributed by atoms with Gasteiger partial charge in [-0.3, -0.25) is 0 Å². The number of methoxy groups -OCH3 is 2. The molecule has 0 aromatic carbocycles. The molecule has 1 heterocycles. The van der Waals surface area contributed by atoms with Crippen LogP contribution in [-0.2, 0) is 6.42 Å². The molecule has 5 nitrogen and oxygen atoms in total. The Hall–Kier alpha value is -1.36. The largest absolute Gasteiger partial charge is 0.481 e. The van der Waals surface area contributed by atoms with E-state index < -0.39 is 0 Å². The third-order valence-electron chi connectivity index (χ3n) is 3.30. The van der Waals surface area contributed by atoms with E-state index in [-0.39, 0.29) is 5.54 Å². The normalized spacial score (nSPS) is 16.7. The molecule has 1 aliphatic carbocycles. The van der Waals surface area contributed by atoms with Crippen LogP contribution in [0.1, 0.15) is 30.5 Å². The molecule has 2 N–H and O–H groups in total. The van der Waals surface area contributed by atoms with Crippen molar-refractivity contribution in [3.63, 3.8) is 0 Å². The Morgan fingerprint density at radius 2 is 1.94 bits per heavy atom. The Kier molecular flexibility index (Phi) is 3.19. The molecule has 1 aromatic heterocycles. The number of nitrogens with zero attached hydrogens (tertiary/aromatic N) is 2. The van der Waals surface area contributed by atoms with Gasteiger partial charge < -0.3 is 15.2 Å². The van der Waals surface area contributed by atoms with Crippen molar-refractivity contribution >= 4 is 0 Å². The third-order valence-corrected chi connectivity index (χ3v) is 3.30. The number of aryl methyl sites for hydroxylation is 1. The summed E-state index contributed by atoms with van der Waals surface area (Å²) in [5.41, 5.74) is 8.06. The maximum absolute atomic E-state index is 6.09. The number of hydrogen-bond acceptors (Lipinski definition) is 5. The molecule has 1 fully saturated rings. The maximum Gasteiger partial charge on any atom is 0.319 e. The molecule has 1 saturated carbocycles. The fraction of sp³-hybridized carbons (Fsp3) is 0.667. The summed E-state index contributed by atoms with van der Waals surface area (Å²) >= 11 is 0.